The van der Waals surface area contributed by atoms with E-state index in [0.717, 1.165) is 5.56 Å². The van der Waals surface area contributed by atoms with Crippen molar-refractivity contribution in [2.45, 2.75) is 44.0 Å². The lowest BCUT2D eigenvalue weighted by atomic mass is 10.0. The number of aliphatic hydroxyl groups is 1. The van der Waals surface area contributed by atoms with E-state index in [1.807, 2.05) is 6.92 Å². The zero-order valence-electron chi connectivity index (χ0n) is 12.2. The molecule has 0 spiro atoms. The Balaban J connectivity index is 2.31. The van der Waals surface area contributed by atoms with Crippen molar-refractivity contribution in [3.8, 4) is 0 Å². The van der Waals surface area contributed by atoms with Crippen molar-refractivity contribution in [1.29, 1.82) is 0 Å². The van der Waals surface area contributed by atoms with E-state index in [0.29, 0.717) is 5.56 Å². The molecule has 6 nitrogen and oxygen atoms in total. The quantitative estimate of drug-likeness (QED) is 0.816. The first-order valence-corrected chi connectivity index (χ1v) is 8.13. The molecule has 0 saturated carbocycles. The summed E-state index contributed by atoms with van der Waals surface area (Å²) in [7, 11) is -4.49. The minimum absolute atomic E-state index is 0.0616. The molecule has 0 amide bonds. The van der Waals surface area contributed by atoms with Gasteiger partial charge in [-0.2, -0.15) is 8.42 Å². The first kappa shape index (κ1) is 16.4. The predicted molar refractivity (Wildman–Crippen MR) is 76.4 cm³/mol. The second-order valence-corrected chi connectivity index (χ2v) is 7.24. The third-order valence-electron chi connectivity index (χ3n) is 3.45. The van der Waals surface area contributed by atoms with Gasteiger partial charge in [0.2, 0.25) is 0 Å². The van der Waals surface area contributed by atoms with Crippen molar-refractivity contribution in [1.82, 2.24) is 0 Å². The van der Waals surface area contributed by atoms with Crippen molar-refractivity contribution in [3.05, 3.63) is 35.4 Å². The molecule has 1 fully saturated rings. The molecule has 3 atom stereocenters. The van der Waals surface area contributed by atoms with Gasteiger partial charge in [0.15, 0.2) is 5.79 Å². The first-order valence-electron chi connectivity index (χ1n) is 6.63. The maximum absolute atomic E-state index is 11.7. The van der Waals surface area contributed by atoms with Gasteiger partial charge in [-0.15, -0.1) is 0 Å². The number of hydrogen-bond acceptors (Lipinski definition) is 5. The number of ether oxygens (including phenoxy) is 2. The summed E-state index contributed by atoms with van der Waals surface area (Å²) in [5.41, 5.74) is 1.26. The first-order chi connectivity index (χ1) is 9.60. The second-order valence-electron chi connectivity index (χ2n) is 5.70. The Hall–Kier alpha value is -0.990. The van der Waals surface area contributed by atoms with Crippen LogP contribution >= 0.6 is 0 Å². The molecule has 1 heterocycles. The van der Waals surface area contributed by atoms with Crippen LogP contribution in [0.25, 0.3) is 0 Å². The van der Waals surface area contributed by atoms with Gasteiger partial charge in [0.1, 0.15) is 17.5 Å². The lowest BCUT2D eigenvalue weighted by Crippen LogP contribution is -2.38. The second kappa shape index (κ2) is 5.66. The zero-order chi connectivity index (χ0) is 15.8. The van der Waals surface area contributed by atoms with Crippen molar-refractivity contribution in [3.63, 3.8) is 0 Å². The Morgan fingerprint density at radius 1 is 1.29 bits per heavy atom. The molecule has 0 bridgehead atoms. The average molecular weight is 316 g/mol. The van der Waals surface area contributed by atoms with Gasteiger partial charge < -0.3 is 14.6 Å². The van der Waals surface area contributed by atoms with E-state index in [2.05, 4.69) is 0 Å². The Morgan fingerprint density at radius 3 is 2.29 bits per heavy atom. The zero-order valence-corrected chi connectivity index (χ0v) is 13.0. The molecule has 0 aromatic heterocycles. The smallest absolute Gasteiger partial charge is 0.274 e. The van der Waals surface area contributed by atoms with E-state index >= 15 is 0 Å². The Labute approximate surface area is 124 Å². The number of benzene rings is 1. The molecule has 7 heteroatoms. The van der Waals surface area contributed by atoms with Crippen LogP contribution in [0.5, 0.6) is 0 Å². The fraction of sp³-hybridized carbons (Fsp3) is 0.571. The summed E-state index contributed by atoms with van der Waals surface area (Å²) < 4.78 is 43.6. The van der Waals surface area contributed by atoms with E-state index in [1.54, 1.807) is 38.1 Å². The highest BCUT2D eigenvalue weighted by molar-refractivity contribution is 7.86. The molecule has 0 unspecified atom stereocenters. The highest BCUT2D eigenvalue weighted by atomic mass is 32.2. The summed E-state index contributed by atoms with van der Waals surface area (Å²) in [6.45, 7) is 5.27. The number of aliphatic hydroxyl groups excluding tert-OH is 1. The number of hydrogen-bond donors (Lipinski definition) is 2. The molecule has 0 aliphatic carbocycles. The lowest BCUT2D eigenvalue weighted by molar-refractivity contribution is -0.151. The largest absolute Gasteiger partial charge is 0.389 e. The molecule has 1 aliphatic rings. The van der Waals surface area contributed by atoms with E-state index < -0.39 is 33.4 Å². The standard InChI is InChI=1S/C14H20O6S/c1-9-4-6-10(7-5-9)13(21(16,17)18)12(15)11-8-19-14(2,3)20-11/h4-7,11-13,15H,8H2,1-3H3,(H,16,17,18)/t11-,12+,13+/m1/s1. The van der Waals surface area contributed by atoms with Crippen LogP contribution in [0.15, 0.2) is 24.3 Å². The van der Waals surface area contributed by atoms with Gasteiger partial charge in [-0.25, -0.2) is 0 Å². The average Bonchev–Trinajstić information content (AvgIpc) is 2.71. The summed E-state index contributed by atoms with van der Waals surface area (Å²) in [6.07, 6.45) is -2.25. The van der Waals surface area contributed by atoms with Crippen LogP contribution in [0.2, 0.25) is 0 Å². The Kier molecular flexibility index (Phi) is 4.41. The molecule has 1 aliphatic heterocycles. The van der Waals surface area contributed by atoms with Gasteiger partial charge in [-0.3, -0.25) is 4.55 Å². The highest BCUT2D eigenvalue weighted by Crippen LogP contribution is 2.33. The van der Waals surface area contributed by atoms with Gasteiger partial charge in [0.05, 0.1) is 6.61 Å². The summed E-state index contributed by atoms with van der Waals surface area (Å²) in [5, 5.41) is 8.88. The van der Waals surface area contributed by atoms with Crippen molar-refractivity contribution < 1.29 is 27.6 Å². The monoisotopic (exact) mass is 316 g/mol. The highest BCUT2D eigenvalue weighted by Gasteiger charge is 2.44. The number of rotatable bonds is 4. The Morgan fingerprint density at radius 2 is 1.86 bits per heavy atom. The van der Waals surface area contributed by atoms with Crippen LogP contribution in [0.4, 0.5) is 0 Å². The maximum atomic E-state index is 11.7. The van der Waals surface area contributed by atoms with Crippen molar-refractivity contribution in [2.75, 3.05) is 6.61 Å². The van der Waals surface area contributed by atoms with Crippen LogP contribution in [0.1, 0.15) is 30.2 Å². The van der Waals surface area contributed by atoms with Crippen LogP contribution in [-0.4, -0.2) is 42.7 Å². The third kappa shape index (κ3) is 3.81. The normalized spacial score (nSPS) is 24.7. The third-order valence-corrected chi connectivity index (χ3v) is 4.64. The molecule has 2 N–H and O–H groups in total. The van der Waals surface area contributed by atoms with Crippen LogP contribution < -0.4 is 0 Å². The summed E-state index contributed by atoms with van der Waals surface area (Å²) in [4.78, 5) is 0. The molecule has 0 radical (unpaired) electrons. The van der Waals surface area contributed by atoms with E-state index in [-0.39, 0.29) is 6.61 Å². The molecule has 1 aromatic rings. The minimum Gasteiger partial charge on any atom is -0.389 e. The van der Waals surface area contributed by atoms with Gasteiger partial charge in [0.25, 0.3) is 10.1 Å². The lowest BCUT2D eigenvalue weighted by Gasteiger charge is -2.26. The van der Waals surface area contributed by atoms with E-state index in [4.69, 9.17) is 9.47 Å². The van der Waals surface area contributed by atoms with Crippen LogP contribution in [-0.2, 0) is 19.6 Å². The predicted octanol–water partition coefficient (Wildman–Crippen LogP) is 1.44. The summed E-state index contributed by atoms with van der Waals surface area (Å²) in [5.74, 6) is -0.886. The van der Waals surface area contributed by atoms with Gasteiger partial charge in [-0.1, -0.05) is 29.8 Å². The molecule has 1 aromatic carbocycles. The fourth-order valence-corrected chi connectivity index (χ4v) is 3.41. The molecule has 1 saturated heterocycles. The Bertz CT molecular complexity index is 592. The van der Waals surface area contributed by atoms with Crippen LogP contribution in [0, 0.1) is 6.92 Å². The minimum atomic E-state index is -4.49. The van der Waals surface area contributed by atoms with Gasteiger partial charge >= 0.3 is 0 Å². The molecular weight excluding hydrogens is 296 g/mol. The SMILES string of the molecule is Cc1ccc([C@@H]([C@@H](O)[C@H]2COC(C)(C)O2)S(=O)(=O)O)cc1. The topological polar surface area (TPSA) is 93.1 Å². The van der Waals surface area contributed by atoms with Crippen molar-refractivity contribution in [2.24, 2.45) is 0 Å². The fourth-order valence-electron chi connectivity index (χ4n) is 2.38. The van der Waals surface area contributed by atoms with Gasteiger partial charge in [-0.05, 0) is 26.3 Å². The van der Waals surface area contributed by atoms with Crippen molar-refractivity contribution >= 4 is 10.1 Å². The molecule has 118 valence electrons. The van der Waals surface area contributed by atoms with Crippen LogP contribution in [0.3, 0.4) is 0 Å². The van der Waals surface area contributed by atoms with E-state index in [9.17, 15) is 18.1 Å². The summed E-state index contributed by atoms with van der Waals surface area (Å²) in [6, 6.07) is 6.57. The number of aryl methyl sites for hydroxylation is 1. The maximum Gasteiger partial charge on any atom is 0.274 e. The van der Waals surface area contributed by atoms with E-state index in [1.165, 1.54) is 0 Å². The molecule has 2 rings (SSSR count). The van der Waals surface area contributed by atoms with Gasteiger partial charge in [0, 0.05) is 0 Å². The summed E-state index contributed by atoms with van der Waals surface area (Å²) >= 11 is 0. The molecular formula is C14H20O6S. The molecule has 21 heavy (non-hydrogen) atoms.